The SMILES string of the molecule is C=c1[nH]c2c(C(=O)N[C@@H]3CCCNC3)sc3nccc(c32)n1-c1cc2ccccc2s1. The molecule has 1 fully saturated rings. The molecule has 8 heteroatoms. The Balaban J connectivity index is 1.51. The number of H-pyrrole nitrogens is 1. The molecule has 0 spiro atoms. The summed E-state index contributed by atoms with van der Waals surface area (Å²) in [4.78, 5) is 22.6. The molecular weight excluding hydrogens is 426 g/mol. The van der Waals surface area contributed by atoms with Crippen LogP contribution < -0.4 is 16.1 Å². The van der Waals surface area contributed by atoms with Crippen LogP contribution in [0.25, 0.3) is 42.9 Å². The molecule has 1 aromatic carbocycles. The van der Waals surface area contributed by atoms with Gasteiger partial charge in [0.05, 0.1) is 16.4 Å². The van der Waals surface area contributed by atoms with Crippen LogP contribution in [0.4, 0.5) is 0 Å². The van der Waals surface area contributed by atoms with Crippen LogP contribution in [-0.4, -0.2) is 39.6 Å². The van der Waals surface area contributed by atoms with Gasteiger partial charge in [-0.1, -0.05) is 24.8 Å². The molecule has 5 aromatic rings. The lowest BCUT2D eigenvalue weighted by Gasteiger charge is -2.23. The highest BCUT2D eigenvalue weighted by molar-refractivity contribution is 7.22. The van der Waals surface area contributed by atoms with Crippen LogP contribution in [0.3, 0.4) is 0 Å². The number of rotatable bonds is 3. The average Bonchev–Trinajstić information content (AvgIpc) is 3.37. The Morgan fingerprint density at radius 3 is 3.00 bits per heavy atom. The highest BCUT2D eigenvalue weighted by atomic mass is 32.1. The van der Waals surface area contributed by atoms with E-state index in [0.717, 1.165) is 57.7 Å². The van der Waals surface area contributed by atoms with E-state index >= 15 is 0 Å². The smallest absolute Gasteiger partial charge is 0.263 e. The Hall–Kier alpha value is -2.94. The van der Waals surface area contributed by atoms with Crippen molar-refractivity contribution in [2.75, 3.05) is 13.1 Å². The molecule has 0 aliphatic carbocycles. The van der Waals surface area contributed by atoms with Crippen LogP contribution in [0.1, 0.15) is 22.5 Å². The van der Waals surface area contributed by atoms with Gasteiger partial charge in [0.25, 0.3) is 5.91 Å². The van der Waals surface area contributed by atoms with Gasteiger partial charge in [0.15, 0.2) is 0 Å². The highest BCUT2D eigenvalue weighted by Crippen LogP contribution is 2.35. The van der Waals surface area contributed by atoms with Gasteiger partial charge in [-0.3, -0.25) is 9.36 Å². The molecule has 31 heavy (non-hydrogen) atoms. The van der Waals surface area contributed by atoms with E-state index < -0.39 is 0 Å². The van der Waals surface area contributed by atoms with Crippen molar-refractivity contribution < 1.29 is 4.79 Å². The summed E-state index contributed by atoms with van der Waals surface area (Å²) in [6.45, 7) is 6.12. The van der Waals surface area contributed by atoms with Crippen LogP contribution in [0.15, 0.2) is 42.6 Å². The van der Waals surface area contributed by atoms with Crippen molar-refractivity contribution >= 4 is 66.5 Å². The molecule has 156 valence electrons. The van der Waals surface area contributed by atoms with Crippen molar-refractivity contribution in [3.63, 3.8) is 0 Å². The molecule has 6 rings (SSSR count). The fourth-order valence-corrected chi connectivity index (χ4v) is 6.50. The van der Waals surface area contributed by atoms with E-state index in [9.17, 15) is 4.79 Å². The number of carbonyl (C=O) groups excluding carboxylic acids is 1. The van der Waals surface area contributed by atoms with Gasteiger partial charge in [-0.2, -0.15) is 0 Å². The van der Waals surface area contributed by atoms with E-state index in [1.165, 1.54) is 21.4 Å². The Kier molecular flexibility index (Phi) is 4.45. The number of pyridine rings is 1. The molecule has 0 bridgehead atoms. The number of amides is 1. The second-order valence-corrected chi connectivity index (χ2v) is 9.92. The lowest BCUT2D eigenvalue weighted by Crippen LogP contribution is -2.45. The molecule has 1 saturated heterocycles. The first kappa shape index (κ1) is 18.8. The van der Waals surface area contributed by atoms with Gasteiger partial charge < -0.3 is 15.6 Å². The summed E-state index contributed by atoms with van der Waals surface area (Å²) in [5.41, 5.74) is 2.55. The summed E-state index contributed by atoms with van der Waals surface area (Å²) >= 11 is 3.16. The Morgan fingerprint density at radius 1 is 1.26 bits per heavy atom. The number of aromatic amines is 1. The van der Waals surface area contributed by atoms with Gasteiger partial charge in [0.2, 0.25) is 0 Å². The maximum absolute atomic E-state index is 13.1. The van der Waals surface area contributed by atoms with Crippen molar-refractivity contribution in [3.8, 4) is 5.00 Å². The van der Waals surface area contributed by atoms with Crippen molar-refractivity contribution in [1.82, 2.24) is 25.2 Å². The zero-order chi connectivity index (χ0) is 20.9. The molecule has 0 saturated carbocycles. The third-order valence-corrected chi connectivity index (χ3v) is 8.02. The molecule has 1 aliphatic heterocycles. The third-order valence-electron chi connectivity index (χ3n) is 5.82. The van der Waals surface area contributed by atoms with E-state index in [0.29, 0.717) is 4.88 Å². The van der Waals surface area contributed by atoms with Crippen LogP contribution in [0.2, 0.25) is 0 Å². The van der Waals surface area contributed by atoms with Crippen molar-refractivity contribution in [3.05, 3.63) is 53.0 Å². The number of nitrogens with one attached hydrogen (secondary N) is 3. The summed E-state index contributed by atoms with van der Waals surface area (Å²) in [6.07, 6.45) is 3.89. The van der Waals surface area contributed by atoms with Crippen molar-refractivity contribution in [1.29, 1.82) is 0 Å². The minimum atomic E-state index is -0.0479. The molecule has 6 nitrogen and oxygen atoms in total. The quantitative estimate of drug-likeness (QED) is 0.392. The molecule has 1 atom stereocenters. The molecule has 0 unspecified atom stereocenters. The van der Waals surface area contributed by atoms with Crippen LogP contribution in [0.5, 0.6) is 0 Å². The largest absolute Gasteiger partial charge is 0.347 e. The molecule has 5 heterocycles. The number of thiophene rings is 2. The Labute approximate surface area is 186 Å². The molecule has 1 aliphatic rings. The van der Waals surface area contributed by atoms with E-state index in [4.69, 9.17) is 0 Å². The standard InChI is InChI=1S/C23H21N5OS2/c1-13-26-20-19-16(28(13)18-11-14-5-2-3-7-17(14)30-18)8-10-25-23(19)31-21(20)22(29)27-15-6-4-9-24-12-15/h2-3,5,7-8,10-11,15,24,26H,1,4,6,9,12H2,(H,27,29)/t15-/m1/s1. The maximum atomic E-state index is 13.1. The number of nitrogens with zero attached hydrogens (tertiary/aromatic N) is 2. The van der Waals surface area contributed by atoms with Crippen LogP contribution in [0, 0.1) is 0 Å². The first-order valence-electron chi connectivity index (χ1n) is 10.4. The predicted octanol–water partition coefficient (Wildman–Crippen LogP) is 3.96. The number of benzene rings is 1. The summed E-state index contributed by atoms with van der Waals surface area (Å²) in [5, 5.41) is 9.81. The van der Waals surface area contributed by atoms with Gasteiger partial charge in [0, 0.05) is 23.5 Å². The van der Waals surface area contributed by atoms with Crippen LogP contribution >= 0.6 is 22.7 Å². The number of aromatic nitrogens is 3. The average molecular weight is 448 g/mol. The lowest BCUT2D eigenvalue weighted by molar-refractivity contribution is 0.0936. The third kappa shape index (κ3) is 3.10. The maximum Gasteiger partial charge on any atom is 0.263 e. The van der Waals surface area contributed by atoms with Crippen molar-refractivity contribution in [2.45, 2.75) is 18.9 Å². The Bertz CT molecular complexity index is 1470. The van der Waals surface area contributed by atoms with E-state index in [1.807, 2.05) is 12.3 Å². The van der Waals surface area contributed by atoms with Gasteiger partial charge in [-0.05, 0) is 43.0 Å². The zero-order valence-electron chi connectivity index (χ0n) is 16.8. The second kappa shape index (κ2) is 7.33. The number of hydrogen-bond donors (Lipinski definition) is 3. The molecule has 4 aromatic heterocycles. The minimum absolute atomic E-state index is 0.0479. The lowest BCUT2D eigenvalue weighted by atomic mass is 10.1. The molecular formula is C23H21N5OS2. The number of carbonyl (C=O) groups is 1. The number of hydrogen-bond acceptors (Lipinski definition) is 5. The monoisotopic (exact) mass is 447 g/mol. The van der Waals surface area contributed by atoms with Gasteiger partial charge in [-0.25, -0.2) is 4.98 Å². The second-order valence-electron chi connectivity index (χ2n) is 7.86. The predicted molar refractivity (Wildman–Crippen MR) is 129 cm³/mol. The molecule has 1 amide bonds. The van der Waals surface area contributed by atoms with E-state index in [2.05, 4.69) is 62.1 Å². The summed E-state index contributed by atoms with van der Waals surface area (Å²) in [7, 11) is 0. The normalized spacial score (nSPS) is 17.0. The number of fused-ring (bicyclic) bond motifs is 1. The van der Waals surface area contributed by atoms with Crippen molar-refractivity contribution in [2.24, 2.45) is 0 Å². The summed E-state index contributed by atoms with van der Waals surface area (Å²) in [5.74, 6) is -0.0479. The molecule has 3 N–H and O–H groups in total. The zero-order valence-corrected chi connectivity index (χ0v) is 18.4. The molecule has 0 radical (unpaired) electrons. The Morgan fingerprint density at radius 2 is 2.16 bits per heavy atom. The van der Waals surface area contributed by atoms with Crippen LogP contribution in [-0.2, 0) is 0 Å². The van der Waals surface area contributed by atoms with Gasteiger partial charge in [-0.15, -0.1) is 22.7 Å². The highest BCUT2D eigenvalue weighted by Gasteiger charge is 2.23. The summed E-state index contributed by atoms with van der Waals surface area (Å²) in [6, 6.07) is 12.7. The first-order chi connectivity index (χ1) is 15.2. The fraction of sp³-hybridized carbons (Fsp3) is 0.217. The van der Waals surface area contributed by atoms with Gasteiger partial charge >= 0.3 is 0 Å². The fourth-order valence-electron chi connectivity index (χ4n) is 4.37. The van der Waals surface area contributed by atoms with E-state index in [1.54, 1.807) is 11.3 Å². The summed E-state index contributed by atoms with van der Waals surface area (Å²) < 4.78 is 3.36. The van der Waals surface area contributed by atoms with Gasteiger partial charge in [0.1, 0.15) is 20.2 Å². The first-order valence-corrected chi connectivity index (χ1v) is 12.0. The topological polar surface area (TPSA) is 74.7 Å². The van der Waals surface area contributed by atoms with E-state index in [-0.39, 0.29) is 11.9 Å². The number of piperidine rings is 1. The minimum Gasteiger partial charge on any atom is -0.347 e.